The molecule has 4 heterocycles. The summed E-state index contributed by atoms with van der Waals surface area (Å²) in [6, 6.07) is 0. The highest BCUT2D eigenvalue weighted by molar-refractivity contribution is 5.84. The Kier molecular flexibility index (Phi) is 7.33. The maximum absolute atomic E-state index is 12.9. The van der Waals surface area contributed by atoms with Crippen LogP contribution in [0.2, 0.25) is 0 Å². The molecule has 12 nitrogen and oxygen atoms in total. The second-order valence-corrected chi connectivity index (χ2v) is 19.1. The molecule has 0 aromatic rings. The maximum atomic E-state index is 12.9. The van der Waals surface area contributed by atoms with Gasteiger partial charge in [0, 0.05) is 33.5 Å². The Morgan fingerprint density at radius 2 is 0.962 bits per heavy atom. The van der Waals surface area contributed by atoms with Crippen LogP contribution in [-0.2, 0) is 38.1 Å². The lowest BCUT2D eigenvalue weighted by Gasteiger charge is -2.60. The minimum atomic E-state index is -1.18. The van der Waals surface area contributed by atoms with Crippen molar-refractivity contribution >= 4 is 23.9 Å². The summed E-state index contributed by atoms with van der Waals surface area (Å²) in [5.74, 6) is -3.37. The van der Waals surface area contributed by atoms with Gasteiger partial charge in [0.25, 0.3) is 0 Å². The number of carbonyl (C=O) groups is 4. The fourth-order valence-corrected chi connectivity index (χ4v) is 14.9. The summed E-state index contributed by atoms with van der Waals surface area (Å²) < 4.78 is 22.3. The molecule has 6 saturated carbocycles. The number of cyclic esters (lactones) is 4. The van der Waals surface area contributed by atoms with Gasteiger partial charge in [-0.05, 0) is 74.3 Å². The molecule has 12 heteroatoms. The third-order valence-electron chi connectivity index (χ3n) is 16.7. The quantitative estimate of drug-likeness (QED) is 0.163. The van der Waals surface area contributed by atoms with Crippen LogP contribution in [0.4, 0.5) is 0 Å². The molecule has 52 heavy (non-hydrogen) atoms. The van der Waals surface area contributed by atoms with Crippen LogP contribution in [0.3, 0.4) is 0 Å². The van der Waals surface area contributed by atoms with E-state index in [0.29, 0.717) is 62.9 Å². The summed E-state index contributed by atoms with van der Waals surface area (Å²) in [5.41, 5.74) is -3.09. The molecule has 0 unspecified atom stereocenters. The van der Waals surface area contributed by atoms with Crippen molar-refractivity contribution in [1.29, 1.82) is 0 Å². The molecule has 0 aromatic heterocycles. The number of rotatable bonds is 0. The molecule has 4 aliphatic heterocycles. The molecule has 10 aliphatic rings. The van der Waals surface area contributed by atoms with Gasteiger partial charge in [-0.3, -0.25) is 19.2 Å². The Labute approximate surface area is 303 Å². The molecular weight excluding hydrogens is 672 g/mol. The predicted molar refractivity (Wildman–Crippen MR) is 179 cm³/mol. The van der Waals surface area contributed by atoms with Crippen molar-refractivity contribution in [3.63, 3.8) is 0 Å². The topological polar surface area (TPSA) is 186 Å². The van der Waals surface area contributed by atoms with E-state index in [4.69, 9.17) is 18.9 Å². The highest BCUT2D eigenvalue weighted by Gasteiger charge is 2.77. The Morgan fingerprint density at radius 3 is 1.35 bits per heavy atom. The Balaban J connectivity index is 0.000000138. The molecule has 4 spiro atoms. The summed E-state index contributed by atoms with van der Waals surface area (Å²) in [7, 11) is 0. The van der Waals surface area contributed by atoms with Crippen LogP contribution < -0.4 is 0 Å². The summed E-state index contributed by atoms with van der Waals surface area (Å²) >= 11 is 0. The van der Waals surface area contributed by atoms with E-state index in [1.54, 1.807) is 0 Å². The van der Waals surface area contributed by atoms with Gasteiger partial charge in [0.2, 0.25) is 0 Å². The predicted octanol–water partition coefficient (Wildman–Crippen LogP) is 2.39. The summed E-state index contributed by atoms with van der Waals surface area (Å²) in [5, 5.41) is 44.3. The van der Waals surface area contributed by atoms with Crippen LogP contribution >= 0.6 is 0 Å². The van der Waals surface area contributed by atoms with Gasteiger partial charge in [0.1, 0.15) is 10.8 Å². The normalized spacial score (nSPS) is 55.3. The van der Waals surface area contributed by atoms with E-state index in [9.17, 15) is 39.6 Å². The first-order chi connectivity index (χ1) is 24.5. The Morgan fingerprint density at radius 1 is 0.577 bits per heavy atom. The standard InChI is InChI=1S/2C20H26O6/c2*1-10-11-6-12(21)13-19(9-26-17(24)20(13,7-11)15(10)22)5-3-4-18(2)8-25-16(23)14(18)19/h2*11-15,21-22H,1,3-9H2,2H3/t2*11-,12-,13+,14-,15-,18+,19-,20+/m11/s1. The van der Waals surface area contributed by atoms with Gasteiger partial charge < -0.3 is 39.4 Å². The third-order valence-corrected chi connectivity index (χ3v) is 16.7. The first kappa shape index (κ1) is 34.9. The molecule has 16 atom stereocenters. The number of aliphatic hydroxyl groups is 4. The van der Waals surface area contributed by atoms with Crippen molar-refractivity contribution in [3.8, 4) is 0 Å². The lowest BCUT2D eigenvalue weighted by Crippen LogP contribution is -2.67. The fraction of sp³-hybridized carbons (Fsp3) is 0.800. The van der Waals surface area contributed by atoms with Gasteiger partial charge >= 0.3 is 23.9 Å². The smallest absolute Gasteiger partial charge is 0.315 e. The molecule has 284 valence electrons. The SMILES string of the molecule is C=C1[C@@H]2C[C@@H](O)[C@H]3[C@@]4(CCC[C@@]5(C)COC(=O)[C@H]54)COC(=O)[C@]3(C2)[C@@H]1O.C=C1[C@@H]2C[C@@H](O)[C@H]3[C@@]4(CCC[C@@]5(C)COC(=O)[C@H]54)COC(=O)[C@]3(C2)[C@@H]1O. The summed E-state index contributed by atoms with van der Waals surface area (Å²) in [4.78, 5) is 51.4. The van der Waals surface area contributed by atoms with Crippen molar-refractivity contribution < 1.29 is 58.6 Å². The molecule has 4 N–H and O–H groups in total. The zero-order chi connectivity index (χ0) is 37.0. The molecular formula is C40H52O12. The van der Waals surface area contributed by atoms with Crippen LogP contribution in [0.15, 0.2) is 24.3 Å². The van der Waals surface area contributed by atoms with E-state index in [2.05, 4.69) is 27.0 Å². The van der Waals surface area contributed by atoms with E-state index >= 15 is 0 Å². The van der Waals surface area contributed by atoms with Crippen molar-refractivity contribution in [1.82, 2.24) is 0 Å². The van der Waals surface area contributed by atoms with Crippen molar-refractivity contribution in [2.45, 2.75) is 102 Å². The van der Waals surface area contributed by atoms with Crippen molar-refractivity contribution in [2.24, 2.45) is 68.0 Å². The number of hydrogen-bond acceptors (Lipinski definition) is 12. The number of aliphatic hydroxyl groups excluding tert-OH is 4. The second kappa shape index (κ2) is 10.9. The molecule has 4 bridgehead atoms. The molecule has 4 saturated heterocycles. The number of ether oxygens (including phenoxy) is 4. The lowest BCUT2D eigenvalue weighted by atomic mass is 9.44. The van der Waals surface area contributed by atoms with Gasteiger partial charge in [0.05, 0.1) is 62.7 Å². The van der Waals surface area contributed by atoms with Gasteiger partial charge in [-0.2, -0.15) is 0 Å². The number of carbonyl (C=O) groups excluding carboxylic acids is 4. The third kappa shape index (κ3) is 3.98. The van der Waals surface area contributed by atoms with Crippen LogP contribution in [0.1, 0.15) is 78.1 Å². The first-order valence-electron chi connectivity index (χ1n) is 19.3. The van der Waals surface area contributed by atoms with Crippen LogP contribution in [0.25, 0.3) is 0 Å². The van der Waals surface area contributed by atoms with Gasteiger partial charge in [-0.15, -0.1) is 0 Å². The van der Waals surface area contributed by atoms with Crippen molar-refractivity contribution in [2.75, 3.05) is 26.4 Å². The lowest BCUT2D eigenvalue weighted by molar-refractivity contribution is -0.238. The van der Waals surface area contributed by atoms with Gasteiger partial charge in [0.15, 0.2) is 0 Å². The average Bonchev–Trinajstić information content (AvgIpc) is 3.72. The van der Waals surface area contributed by atoms with Gasteiger partial charge in [-0.25, -0.2) is 0 Å². The van der Waals surface area contributed by atoms with E-state index in [1.165, 1.54) is 0 Å². The summed E-state index contributed by atoms with van der Waals surface area (Å²) in [6.07, 6.45) is 3.24. The molecule has 6 aliphatic carbocycles. The largest absolute Gasteiger partial charge is 0.465 e. The molecule has 0 amide bonds. The molecule has 10 fully saturated rings. The van der Waals surface area contributed by atoms with Gasteiger partial charge in [-0.1, -0.05) is 39.8 Å². The molecule has 0 aromatic carbocycles. The number of fused-ring (bicyclic) bond motifs is 8. The van der Waals surface area contributed by atoms with E-state index < -0.39 is 81.7 Å². The molecule has 10 rings (SSSR count). The zero-order valence-electron chi connectivity index (χ0n) is 30.1. The first-order valence-corrected chi connectivity index (χ1v) is 19.3. The second-order valence-electron chi connectivity index (χ2n) is 19.1. The van der Waals surface area contributed by atoms with Crippen LogP contribution in [-0.4, -0.2) is 95.1 Å². The molecule has 0 radical (unpaired) electrons. The maximum Gasteiger partial charge on any atom is 0.315 e. The number of esters is 4. The number of hydrogen-bond donors (Lipinski definition) is 4. The Hall–Kier alpha value is -2.80. The summed E-state index contributed by atoms with van der Waals surface area (Å²) in [6.45, 7) is 13.1. The van der Waals surface area contributed by atoms with Crippen LogP contribution in [0.5, 0.6) is 0 Å². The van der Waals surface area contributed by atoms with Crippen LogP contribution in [0, 0.1) is 68.0 Å². The highest BCUT2D eigenvalue weighted by atomic mass is 16.6. The van der Waals surface area contributed by atoms with E-state index in [0.717, 1.165) is 25.7 Å². The minimum absolute atomic E-state index is 0.0792. The fourth-order valence-electron chi connectivity index (χ4n) is 14.9. The highest BCUT2D eigenvalue weighted by Crippen LogP contribution is 2.72. The van der Waals surface area contributed by atoms with E-state index in [1.807, 2.05) is 0 Å². The van der Waals surface area contributed by atoms with Crippen molar-refractivity contribution in [3.05, 3.63) is 24.3 Å². The average molecular weight is 725 g/mol. The monoisotopic (exact) mass is 724 g/mol. The van der Waals surface area contributed by atoms with E-state index in [-0.39, 0.29) is 47.8 Å². The zero-order valence-corrected chi connectivity index (χ0v) is 30.1. The minimum Gasteiger partial charge on any atom is -0.465 e. The Bertz CT molecular complexity index is 1550.